The molecule has 1 atom stereocenters. The Hall–Kier alpha value is -2.79. The second-order valence-corrected chi connectivity index (χ2v) is 12.4. The molecule has 1 aliphatic heterocycles. The Labute approximate surface area is 226 Å². The monoisotopic (exact) mass is 535 g/mol. The first-order chi connectivity index (χ1) is 18.3. The van der Waals surface area contributed by atoms with E-state index < -0.39 is 6.23 Å². The number of rotatable bonds is 8. The van der Waals surface area contributed by atoms with Gasteiger partial charge in [0.05, 0.1) is 27.3 Å². The van der Waals surface area contributed by atoms with E-state index in [0.717, 1.165) is 71.6 Å². The molecule has 1 amide bonds. The number of likely N-dealkylation sites (tertiary alicyclic amines) is 1. The molecular formula is C28H37N7O2S. The van der Waals surface area contributed by atoms with Crippen molar-refractivity contribution in [3.63, 3.8) is 0 Å². The largest absolute Gasteiger partial charge is 0.373 e. The lowest BCUT2D eigenvalue weighted by molar-refractivity contribution is -0.120. The van der Waals surface area contributed by atoms with E-state index in [1.807, 2.05) is 10.7 Å². The molecular weight excluding hydrogens is 498 g/mol. The third-order valence-electron chi connectivity index (χ3n) is 8.34. The molecule has 1 aliphatic carbocycles. The van der Waals surface area contributed by atoms with Crippen LogP contribution in [0.4, 0.5) is 0 Å². The standard InChI is InChI=1S/C28H37N7O2S/c1-16(2)24-25(18-11-17(3)27-30-15-31-34(27)13-18)32-21-12-22(38-26(21)24)28(37)35(19-5-4-6-19)20-7-9-33(10-8-20)14-23(29)36/h11-13,15-16,19-20,28,32,37H,4-10,14H2,1-3H3,(H2,29,36). The van der Waals surface area contributed by atoms with Crippen molar-refractivity contribution in [1.29, 1.82) is 0 Å². The van der Waals surface area contributed by atoms with Gasteiger partial charge in [-0.15, -0.1) is 11.3 Å². The highest BCUT2D eigenvalue weighted by molar-refractivity contribution is 7.19. The number of amides is 1. The fourth-order valence-corrected chi connectivity index (χ4v) is 7.59. The number of hydrogen-bond acceptors (Lipinski definition) is 7. The van der Waals surface area contributed by atoms with E-state index in [2.05, 4.69) is 57.8 Å². The van der Waals surface area contributed by atoms with Crippen LogP contribution in [0.25, 0.3) is 27.1 Å². The van der Waals surface area contributed by atoms with Crippen LogP contribution in [-0.4, -0.2) is 72.1 Å². The number of aromatic nitrogens is 4. The Morgan fingerprint density at radius 2 is 1.97 bits per heavy atom. The molecule has 6 rings (SSSR count). The van der Waals surface area contributed by atoms with Crippen LogP contribution in [0.15, 0.2) is 24.7 Å². The molecule has 1 saturated heterocycles. The lowest BCUT2D eigenvalue weighted by atomic mass is 9.88. The second-order valence-electron chi connectivity index (χ2n) is 11.3. The van der Waals surface area contributed by atoms with Crippen molar-refractivity contribution in [3.05, 3.63) is 40.7 Å². The first-order valence-corrected chi connectivity index (χ1v) is 14.5. The van der Waals surface area contributed by atoms with Crippen LogP contribution in [-0.2, 0) is 4.79 Å². The van der Waals surface area contributed by atoms with E-state index in [1.54, 1.807) is 17.7 Å². The lowest BCUT2D eigenvalue weighted by Crippen LogP contribution is -2.53. The van der Waals surface area contributed by atoms with Crippen LogP contribution in [0.5, 0.6) is 0 Å². The summed E-state index contributed by atoms with van der Waals surface area (Å²) >= 11 is 1.71. The fourth-order valence-electron chi connectivity index (χ4n) is 6.28. The van der Waals surface area contributed by atoms with Crippen molar-refractivity contribution in [2.24, 2.45) is 5.73 Å². The molecule has 2 fully saturated rings. The van der Waals surface area contributed by atoms with Crippen LogP contribution < -0.4 is 5.73 Å². The first-order valence-electron chi connectivity index (χ1n) is 13.7. The number of hydrogen-bond donors (Lipinski definition) is 3. The van der Waals surface area contributed by atoms with Crippen molar-refractivity contribution in [2.75, 3.05) is 19.6 Å². The number of aromatic amines is 1. The predicted octanol–water partition coefficient (Wildman–Crippen LogP) is 4.17. The highest BCUT2D eigenvalue weighted by atomic mass is 32.1. The summed E-state index contributed by atoms with van der Waals surface area (Å²) in [6.45, 7) is 8.51. The minimum absolute atomic E-state index is 0.273. The van der Waals surface area contributed by atoms with Gasteiger partial charge in [-0.25, -0.2) is 9.50 Å². The molecule has 4 N–H and O–H groups in total. The molecule has 38 heavy (non-hydrogen) atoms. The SMILES string of the molecule is Cc1cc(-c2[nH]c3cc(C(O)N(C4CCC4)C4CCN(CC(N)=O)CC4)sc3c2C(C)C)cn2ncnc12. The van der Waals surface area contributed by atoms with Crippen molar-refractivity contribution in [3.8, 4) is 11.3 Å². The number of carbonyl (C=O) groups is 1. The Kier molecular flexibility index (Phi) is 6.75. The van der Waals surface area contributed by atoms with Crippen molar-refractivity contribution < 1.29 is 9.90 Å². The molecule has 2 aliphatic rings. The zero-order valence-electron chi connectivity index (χ0n) is 22.4. The zero-order chi connectivity index (χ0) is 26.6. The molecule has 5 heterocycles. The lowest BCUT2D eigenvalue weighted by Gasteiger charge is -2.47. The average Bonchev–Trinajstić information content (AvgIpc) is 3.55. The summed E-state index contributed by atoms with van der Waals surface area (Å²) in [4.78, 5) is 24.9. The van der Waals surface area contributed by atoms with E-state index >= 15 is 0 Å². The number of pyridine rings is 1. The molecule has 1 saturated carbocycles. The van der Waals surface area contributed by atoms with Gasteiger partial charge in [0.1, 0.15) is 12.6 Å². The summed E-state index contributed by atoms with van der Waals surface area (Å²) in [5.41, 5.74) is 11.9. The normalized spacial score (nSPS) is 18.7. The van der Waals surface area contributed by atoms with Crippen LogP contribution in [0.1, 0.15) is 74.1 Å². The average molecular weight is 536 g/mol. The molecule has 9 nitrogen and oxygen atoms in total. The molecule has 0 radical (unpaired) electrons. The molecule has 4 aromatic heterocycles. The van der Waals surface area contributed by atoms with Gasteiger partial charge in [0.2, 0.25) is 5.91 Å². The molecule has 4 aromatic rings. The molecule has 1 unspecified atom stereocenters. The summed E-state index contributed by atoms with van der Waals surface area (Å²) in [6.07, 6.45) is 8.36. The van der Waals surface area contributed by atoms with Gasteiger partial charge >= 0.3 is 0 Å². The van der Waals surface area contributed by atoms with Crippen LogP contribution >= 0.6 is 11.3 Å². The highest BCUT2D eigenvalue weighted by Crippen LogP contribution is 2.44. The highest BCUT2D eigenvalue weighted by Gasteiger charge is 2.38. The molecule has 0 bridgehead atoms. The minimum Gasteiger partial charge on any atom is -0.373 e. The van der Waals surface area contributed by atoms with Gasteiger partial charge in [0, 0.05) is 36.9 Å². The topological polar surface area (TPSA) is 116 Å². The number of piperidine rings is 1. The summed E-state index contributed by atoms with van der Waals surface area (Å²) < 4.78 is 3.05. The number of H-pyrrole nitrogens is 1. The van der Waals surface area contributed by atoms with Crippen LogP contribution in [0, 0.1) is 6.92 Å². The maximum atomic E-state index is 11.8. The fraction of sp³-hybridized carbons (Fsp3) is 0.536. The van der Waals surface area contributed by atoms with E-state index in [4.69, 9.17) is 5.73 Å². The van der Waals surface area contributed by atoms with E-state index in [-0.39, 0.29) is 5.91 Å². The number of nitrogens with two attached hydrogens (primary N) is 1. The summed E-state index contributed by atoms with van der Waals surface area (Å²) in [5.74, 6) is 0.0381. The second kappa shape index (κ2) is 10.1. The van der Waals surface area contributed by atoms with Gasteiger partial charge in [-0.1, -0.05) is 20.3 Å². The maximum absolute atomic E-state index is 11.8. The number of aliphatic hydroxyl groups excluding tert-OH is 1. The zero-order valence-corrected chi connectivity index (χ0v) is 23.2. The van der Waals surface area contributed by atoms with E-state index in [1.165, 1.54) is 16.7 Å². The predicted molar refractivity (Wildman–Crippen MR) is 150 cm³/mol. The maximum Gasteiger partial charge on any atom is 0.231 e. The summed E-state index contributed by atoms with van der Waals surface area (Å²) in [7, 11) is 0. The third kappa shape index (κ3) is 4.53. The van der Waals surface area contributed by atoms with Gasteiger partial charge in [-0.2, -0.15) is 5.10 Å². The molecule has 0 aromatic carbocycles. The van der Waals surface area contributed by atoms with Gasteiger partial charge in [0.25, 0.3) is 0 Å². The minimum atomic E-state index is -0.629. The Balaban J connectivity index is 1.31. The first kappa shape index (κ1) is 25.5. The van der Waals surface area contributed by atoms with E-state index in [0.29, 0.717) is 24.5 Å². The number of nitrogens with zero attached hydrogens (tertiary/aromatic N) is 5. The van der Waals surface area contributed by atoms with Gasteiger partial charge < -0.3 is 15.8 Å². The Morgan fingerprint density at radius 1 is 1.24 bits per heavy atom. The van der Waals surface area contributed by atoms with E-state index in [9.17, 15) is 9.90 Å². The van der Waals surface area contributed by atoms with Crippen molar-refractivity contribution in [2.45, 2.75) is 77.1 Å². The smallest absolute Gasteiger partial charge is 0.231 e. The van der Waals surface area contributed by atoms with Gasteiger partial charge in [-0.3, -0.25) is 14.6 Å². The summed E-state index contributed by atoms with van der Waals surface area (Å²) in [6, 6.07) is 5.03. The molecule has 10 heteroatoms. The van der Waals surface area contributed by atoms with Gasteiger partial charge in [-0.05, 0) is 61.8 Å². The summed E-state index contributed by atoms with van der Waals surface area (Å²) in [5, 5.41) is 16.1. The van der Waals surface area contributed by atoms with Crippen LogP contribution in [0.3, 0.4) is 0 Å². The number of fused-ring (bicyclic) bond motifs is 2. The molecule has 0 spiro atoms. The Morgan fingerprint density at radius 3 is 2.63 bits per heavy atom. The number of aryl methyl sites for hydroxylation is 1. The van der Waals surface area contributed by atoms with Crippen LogP contribution in [0.2, 0.25) is 0 Å². The number of primary amides is 1. The number of nitrogens with one attached hydrogen (secondary N) is 1. The molecule has 202 valence electrons. The number of thiophene rings is 1. The number of aliphatic hydroxyl groups is 1. The third-order valence-corrected chi connectivity index (χ3v) is 9.55. The Bertz CT molecular complexity index is 1460. The van der Waals surface area contributed by atoms with Gasteiger partial charge in [0.15, 0.2) is 5.65 Å². The van der Waals surface area contributed by atoms with Crippen molar-refractivity contribution in [1.82, 2.24) is 29.4 Å². The van der Waals surface area contributed by atoms with Crippen molar-refractivity contribution >= 4 is 33.1 Å². The quantitative estimate of drug-likeness (QED) is 0.292. The number of carbonyl (C=O) groups excluding carboxylic acids is 1.